The van der Waals surface area contributed by atoms with E-state index in [4.69, 9.17) is 15.3 Å². The molecule has 0 aliphatic rings. The molecule has 0 aromatic heterocycles. The van der Waals surface area contributed by atoms with Crippen LogP contribution in [0, 0.1) is 5.41 Å². The van der Waals surface area contributed by atoms with Crippen molar-refractivity contribution in [3.05, 3.63) is 0 Å². The van der Waals surface area contributed by atoms with Gasteiger partial charge in [-0.3, -0.25) is 0 Å². The highest BCUT2D eigenvalue weighted by Crippen LogP contribution is 1.84. The number of nitrogens with one attached hydrogen (secondary N) is 1. The predicted octanol–water partition coefficient (Wildman–Crippen LogP) is 0.425. The van der Waals surface area contributed by atoms with E-state index in [1.165, 1.54) is 6.21 Å². The van der Waals surface area contributed by atoms with Crippen LogP contribution in [0.4, 0.5) is 0 Å². The van der Waals surface area contributed by atoms with Gasteiger partial charge < -0.3 is 15.3 Å². The zero-order valence-electron chi connectivity index (χ0n) is 5.47. The number of hydrogen-bond donors (Lipinski definition) is 2. The molecule has 9 heavy (non-hydrogen) atoms. The Hall–Kier alpha value is -0.410. The summed E-state index contributed by atoms with van der Waals surface area (Å²) in [6, 6.07) is 0. The van der Waals surface area contributed by atoms with E-state index in [-0.39, 0.29) is 6.61 Å². The number of hydrogen-bond acceptors (Lipinski definition) is 3. The average molecular weight is 131 g/mol. The smallest absolute Gasteiger partial charge is 0.0697 e. The number of rotatable bonds is 6. The molecular formula is C6H13NO2. The first-order valence-corrected chi connectivity index (χ1v) is 3.09. The lowest BCUT2D eigenvalue weighted by Crippen LogP contribution is -2.00. The summed E-state index contributed by atoms with van der Waals surface area (Å²) >= 11 is 0. The van der Waals surface area contributed by atoms with Gasteiger partial charge in [0.25, 0.3) is 0 Å². The average Bonchev–Trinajstić information content (AvgIpc) is 1.89. The first-order chi connectivity index (χ1) is 4.41. The lowest BCUT2D eigenvalue weighted by Gasteiger charge is -1.97. The van der Waals surface area contributed by atoms with Crippen LogP contribution in [0.25, 0.3) is 0 Å². The van der Waals surface area contributed by atoms with Crippen LogP contribution in [-0.2, 0) is 4.74 Å². The molecule has 54 valence electrons. The maximum atomic E-state index is 8.25. The summed E-state index contributed by atoms with van der Waals surface area (Å²) in [4.78, 5) is 0. The third-order valence-corrected chi connectivity index (χ3v) is 0.873. The van der Waals surface area contributed by atoms with Gasteiger partial charge in [0.15, 0.2) is 0 Å². The topological polar surface area (TPSA) is 53.3 Å². The Morgan fingerprint density at radius 3 is 2.78 bits per heavy atom. The van der Waals surface area contributed by atoms with E-state index >= 15 is 0 Å². The second kappa shape index (κ2) is 7.59. The molecule has 3 heteroatoms. The number of unbranched alkanes of at least 4 members (excludes halogenated alkanes) is 1. The van der Waals surface area contributed by atoms with Crippen molar-refractivity contribution in [3.63, 3.8) is 0 Å². The fraction of sp³-hybridized carbons (Fsp3) is 0.833. The molecule has 0 fully saturated rings. The molecule has 0 saturated heterocycles. The van der Waals surface area contributed by atoms with Gasteiger partial charge in [0.1, 0.15) is 0 Å². The number of ether oxygens (including phenoxy) is 1. The van der Waals surface area contributed by atoms with Crippen molar-refractivity contribution in [2.24, 2.45) is 0 Å². The van der Waals surface area contributed by atoms with E-state index in [0.29, 0.717) is 13.2 Å². The summed E-state index contributed by atoms with van der Waals surface area (Å²) in [6.07, 6.45) is 3.01. The standard InChI is InChI=1S/C6H13NO2/c7-3-1-2-5-9-6-4-8/h3,7-8H,1-2,4-6H2. The highest BCUT2D eigenvalue weighted by molar-refractivity contribution is 5.52. The molecule has 3 nitrogen and oxygen atoms in total. The summed E-state index contributed by atoms with van der Waals surface area (Å²) in [5.41, 5.74) is 0. The molecule has 0 heterocycles. The van der Waals surface area contributed by atoms with Gasteiger partial charge >= 0.3 is 0 Å². The van der Waals surface area contributed by atoms with Crippen molar-refractivity contribution >= 4 is 6.21 Å². The Labute approximate surface area is 55.2 Å². The molecule has 0 unspecified atom stereocenters. The van der Waals surface area contributed by atoms with E-state index < -0.39 is 0 Å². The van der Waals surface area contributed by atoms with E-state index in [1.807, 2.05) is 0 Å². The molecule has 0 atom stereocenters. The van der Waals surface area contributed by atoms with Crippen molar-refractivity contribution in [1.82, 2.24) is 0 Å². The Kier molecular flexibility index (Phi) is 7.24. The van der Waals surface area contributed by atoms with Gasteiger partial charge in [-0.2, -0.15) is 0 Å². The summed E-state index contributed by atoms with van der Waals surface area (Å²) < 4.78 is 4.93. The van der Waals surface area contributed by atoms with Crippen LogP contribution < -0.4 is 0 Å². The zero-order chi connectivity index (χ0) is 6.95. The summed E-state index contributed by atoms with van der Waals surface area (Å²) in [5.74, 6) is 0. The minimum absolute atomic E-state index is 0.0879. The molecule has 0 aromatic carbocycles. The van der Waals surface area contributed by atoms with Gasteiger partial charge in [-0.1, -0.05) is 0 Å². The third-order valence-electron chi connectivity index (χ3n) is 0.873. The van der Waals surface area contributed by atoms with Crippen molar-refractivity contribution in [3.8, 4) is 0 Å². The fourth-order valence-corrected chi connectivity index (χ4v) is 0.454. The highest BCUT2D eigenvalue weighted by atomic mass is 16.5. The summed E-state index contributed by atoms with van der Waals surface area (Å²) in [5, 5.41) is 14.9. The van der Waals surface area contributed by atoms with Gasteiger partial charge in [-0.15, -0.1) is 0 Å². The molecule has 0 rings (SSSR count). The van der Waals surface area contributed by atoms with Crippen molar-refractivity contribution in [2.45, 2.75) is 12.8 Å². The molecule has 0 aromatic rings. The summed E-state index contributed by atoms with van der Waals surface area (Å²) in [7, 11) is 0. The van der Waals surface area contributed by atoms with Gasteiger partial charge in [-0.05, 0) is 19.1 Å². The van der Waals surface area contributed by atoms with E-state index in [0.717, 1.165) is 12.8 Å². The maximum Gasteiger partial charge on any atom is 0.0697 e. The largest absolute Gasteiger partial charge is 0.394 e. The lowest BCUT2D eigenvalue weighted by atomic mass is 10.3. The van der Waals surface area contributed by atoms with E-state index in [9.17, 15) is 0 Å². The molecule has 0 bridgehead atoms. The fourth-order valence-electron chi connectivity index (χ4n) is 0.454. The van der Waals surface area contributed by atoms with Crippen molar-refractivity contribution in [2.75, 3.05) is 19.8 Å². The third kappa shape index (κ3) is 7.59. The first-order valence-electron chi connectivity index (χ1n) is 3.09. The molecular weight excluding hydrogens is 118 g/mol. The van der Waals surface area contributed by atoms with Crippen LogP contribution >= 0.6 is 0 Å². The SMILES string of the molecule is N=CCCCOCCO. The van der Waals surface area contributed by atoms with Crippen molar-refractivity contribution in [1.29, 1.82) is 5.41 Å². The Bertz CT molecular complexity index is 66.1. The zero-order valence-corrected chi connectivity index (χ0v) is 5.47. The molecule has 0 saturated carbocycles. The Morgan fingerprint density at radius 1 is 1.44 bits per heavy atom. The van der Waals surface area contributed by atoms with E-state index in [1.54, 1.807) is 0 Å². The minimum Gasteiger partial charge on any atom is -0.394 e. The van der Waals surface area contributed by atoms with Crippen LogP contribution in [0.1, 0.15) is 12.8 Å². The van der Waals surface area contributed by atoms with Gasteiger partial charge in [-0.25, -0.2) is 0 Å². The quantitative estimate of drug-likeness (QED) is 0.405. The normalized spacial score (nSPS) is 9.44. The second-order valence-electron chi connectivity index (χ2n) is 1.68. The molecule has 0 aliphatic carbocycles. The molecule has 2 N–H and O–H groups in total. The minimum atomic E-state index is 0.0879. The first kappa shape index (κ1) is 8.59. The molecule has 0 radical (unpaired) electrons. The molecule has 0 spiro atoms. The number of aliphatic hydroxyl groups is 1. The van der Waals surface area contributed by atoms with Gasteiger partial charge in [0.2, 0.25) is 0 Å². The van der Waals surface area contributed by atoms with Crippen LogP contribution in [-0.4, -0.2) is 31.1 Å². The predicted molar refractivity (Wildman–Crippen MR) is 35.9 cm³/mol. The van der Waals surface area contributed by atoms with Gasteiger partial charge in [0.05, 0.1) is 13.2 Å². The van der Waals surface area contributed by atoms with Crippen LogP contribution in [0.15, 0.2) is 0 Å². The van der Waals surface area contributed by atoms with E-state index in [2.05, 4.69) is 0 Å². The lowest BCUT2D eigenvalue weighted by molar-refractivity contribution is 0.0917. The number of aliphatic hydroxyl groups excluding tert-OH is 1. The van der Waals surface area contributed by atoms with Gasteiger partial charge in [0, 0.05) is 6.61 Å². The Morgan fingerprint density at radius 2 is 2.22 bits per heavy atom. The maximum absolute atomic E-state index is 8.25. The molecule has 0 aliphatic heterocycles. The van der Waals surface area contributed by atoms with Crippen molar-refractivity contribution < 1.29 is 9.84 Å². The van der Waals surface area contributed by atoms with Crippen LogP contribution in [0.2, 0.25) is 0 Å². The monoisotopic (exact) mass is 131 g/mol. The Balaban J connectivity index is 2.66. The summed E-state index contributed by atoms with van der Waals surface area (Å²) in [6.45, 7) is 1.15. The highest BCUT2D eigenvalue weighted by Gasteiger charge is 1.84. The van der Waals surface area contributed by atoms with Crippen LogP contribution in [0.5, 0.6) is 0 Å². The van der Waals surface area contributed by atoms with Crippen LogP contribution in [0.3, 0.4) is 0 Å². The molecule has 0 amide bonds. The second-order valence-corrected chi connectivity index (χ2v) is 1.68.